The number of benzene rings is 12. The maximum Gasteiger partial charge on any atom is 0.335 e. The second-order valence-corrected chi connectivity index (χ2v) is 23.5. The van der Waals surface area contributed by atoms with Crippen molar-refractivity contribution in [2.24, 2.45) is 0 Å². The predicted octanol–water partition coefficient (Wildman–Crippen LogP) is 17.8. The first-order valence-corrected chi connectivity index (χ1v) is 31.3. The van der Waals surface area contributed by atoms with E-state index in [-0.39, 0.29) is 41.2 Å². The van der Waals surface area contributed by atoms with Gasteiger partial charge in [0.2, 0.25) is 0 Å². The summed E-state index contributed by atoms with van der Waals surface area (Å²) in [5, 5.41) is 26.1. The molecular weight excluding hydrogens is 1260 g/mol. The average molecular weight is 1320 g/mol. The molecule has 0 radical (unpaired) electrons. The van der Waals surface area contributed by atoms with Gasteiger partial charge in [-0.25, -0.2) is 40.5 Å². The van der Waals surface area contributed by atoms with E-state index < -0.39 is 69.3 Å². The minimum Gasteiger partial charge on any atom is -0.478 e. The highest BCUT2D eigenvalue weighted by atomic mass is 19.2. The number of anilines is 2. The zero-order valence-corrected chi connectivity index (χ0v) is 52.3. The van der Waals surface area contributed by atoms with Gasteiger partial charge in [0.1, 0.15) is 52.3 Å². The molecular formula is C82H56F6N6O5. The number of carbonyl (C=O) groups is 4. The number of aromatic carboxylic acids is 1. The summed E-state index contributed by atoms with van der Waals surface area (Å²) in [6.45, 7) is 0. The number of aldehydes is 1. The normalized spacial score (nSPS) is 11.4. The highest BCUT2D eigenvalue weighted by Crippen LogP contribution is 2.46. The summed E-state index contributed by atoms with van der Waals surface area (Å²) in [5.74, 6) is -7.29. The van der Waals surface area contributed by atoms with Crippen molar-refractivity contribution in [3.63, 3.8) is 0 Å². The summed E-state index contributed by atoms with van der Waals surface area (Å²) in [7, 11) is 0. The van der Waals surface area contributed by atoms with Gasteiger partial charge < -0.3 is 15.7 Å². The molecule has 0 aliphatic heterocycles. The Balaban J connectivity index is 0.000000178. The second kappa shape index (κ2) is 27.9. The Bertz CT molecular complexity index is 5100. The summed E-state index contributed by atoms with van der Waals surface area (Å²) < 4.78 is 90.0. The maximum absolute atomic E-state index is 15.0. The first-order valence-electron chi connectivity index (χ1n) is 31.3. The largest absolute Gasteiger partial charge is 0.478 e. The number of carboxylic acids is 1. The summed E-state index contributed by atoms with van der Waals surface area (Å²) in [6.07, 6.45) is 0.899. The minimum atomic E-state index is -1.31. The Morgan fingerprint density at radius 1 is 0.374 bits per heavy atom. The van der Waals surface area contributed by atoms with Crippen LogP contribution in [0.1, 0.15) is 97.1 Å². The van der Waals surface area contributed by atoms with Crippen molar-refractivity contribution in [3.05, 3.63) is 404 Å². The lowest BCUT2D eigenvalue weighted by Crippen LogP contribution is -2.38. The minimum absolute atomic E-state index is 0.0737. The Morgan fingerprint density at radius 2 is 0.697 bits per heavy atom. The third-order valence-corrected chi connectivity index (χ3v) is 17.2. The van der Waals surface area contributed by atoms with E-state index in [1.807, 2.05) is 216 Å². The first-order chi connectivity index (χ1) is 48.1. The lowest BCUT2D eigenvalue weighted by Gasteiger charge is -2.37. The van der Waals surface area contributed by atoms with Crippen LogP contribution < -0.4 is 10.6 Å². The molecule has 0 bridgehead atoms. The molecule has 0 fully saturated rings. The van der Waals surface area contributed by atoms with Crippen LogP contribution in [0.25, 0.3) is 21.8 Å². The molecule has 14 aromatic rings. The van der Waals surface area contributed by atoms with Crippen LogP contribution in [0, 0.1) is 34.9 Å². The van der Waals surface area contributed by atoms with Crippen LogP contribution in [-0.2, 0) is 23.9 Å². The van der Waals surface area contributed by atoms with E-state index in [4.69, 9.17) is 10.2 Å². The number of nitrogens with zero attached hydrogens (tertiary/aromatic N) is 4. The number of carbonyl (C=O) groups excluding carboxylic acids is 3. The zero-order chi connectivity index (χ0) is 68.8. The van der Waals surface area contributed by atoms with Gasteiger partial charge in [-0.15, -0.1) is 0 Å². The van der Waals surface area contributed by atoms with E-state index in [1.165, 1.54) is 36.4 Å². The van der Waals surface area contributed by atoms with Crippen molar-refractivity contribution in [1.82, 2.24) is 19.6 Å². The van der Waals surface area contributed by atoms with E-state index in [9.17, 15) is 50.6 Å². The fourth-order valence-corrected chi connectivity index (χ4v) is 12.9. The average Bonchev–Trinajstić information content (AvgIpc) is 1.63. The summed E-state index contributed by atoms with van der Waals surface area (Å²) in [4.78, 5) is 50.5. The molecule has 0 unspecified atom stereocenters. The molecule has 486 valence electrons. The molecule has 11 nitrogen and oxygen atoms in total. The fraction of sp³-hybridized carbons (Fsp3) is 0.0488. The molecule has 0 aliphatic rings. The Morgan fingerprint density at radius 3 is 1.02 bits per heavy atom. The van der Waals surface area contributed by atoms with E-state index >= 15 is 0 Å². The van der Waals surface area contributed by atoms with Crippen molar-refractivity contribution in [2.75, 3.05) is 10.6 Å². The second-order valence-electron chi connectivity index (χ2n) is 23.5. The highest BCUT2D eigenvalue weighted by molar-refractivity contribution is 6.10. The van der Waals surface area contributed by atoms with Crippen LogP contribution in [0.2, 0.25) is 0 Å². The molecule has 0 saturated carbocycles. The number of hydrogen-bond acceptors (Lipinski definition) is 6. The lowest BCUT2D eigenvalue weighted by molar-refractivity contribution is 0.0696. The molecule has 0 aliphatic carbocycles. The Labute approximate surface area is 563 Å². The quantitative estimate of drug-likeness (QED) is 0.0440. The van der Waals surface area contributed by atoms with E-state index in [1.54, 1.807) is 12.1 Å². The monoisotopic (exact) mass is 1320 g/mol. The Hall–Kier alpha value is -12.8. The first kappa shape index (κ1) is 64.9. The van der Waals surface area contributed by atoms with Crippen molar-refractivity contribution in [2.45, 2.75) is 23.9 Å². The van der Waals surface area contributed by atoms with Gasteiger partial charge >= 0.3 is 5.97 Å². The predicted molar refractivity (Wildman–Crippen MR) is 368 cm³/mol. The van der Waals surface area contributed by atoms with E-state index in [0.29, 0.717) is 50.3 Å². The third-order valence-electron chi connectivity index (χ3n) is 17.2. The van der Waals surface area contributed by atoms with Crippen LogP contribution in [0.4, 0.5) is 38.0 Å². The van der Waals surface area contributed by atoms with Gasteiger partial charge in [-0.2, -0.15) is 10.2 Å². The van der Waals surface area contributed by atoms with Gasteiger partial charge in [-0.05, 0) is 153 Å². The van der Waals surface area contributed by atoms with Gasteiger partial charge in [-0.1, -0.05) is 194 Å². The van der Waals surface area contributed by atoms with E-state index in [2.05, 4.69) is 10.6 Å². The van der Waals surface area contributed by atoms with Gasteiger partial charge in [0.05, 0.1) is 27.7 Å². The number of nitrogens with one attached hydrogen (secondary N) is 2. The number of carboxylic acid groups (broad SMARTS) is 1. The van der Waals surface area contributed by atoms with Crippen LogP contribution in [0.3, 0.4) is 0 Å². The van der Waals surface area contributed by atoms with Gasteiger partial charge in [0, 0.05) is 28.5 Å². The third kappa shape index (κ3) is 13.0. The van der Waals surface area contributed by atoms with Crippen molar-refractivity contribution in [1.29, 1.82) is 0 Å². The van der Waals surface area contributed by atoms with Gasteiger partial charge in [-0.3, -0.25) is 14.4 Å². The van der Waals surface area contributed by atoms with Gasteiger partial charge in [0.25, 0.3) is 11.8 Å². The molecule has 2 amide bonds. The van der Waals surface area contributed by atoms with Crippen LogP contribution in [-0.4, -0.2) is 48.7 Å². The topological polar surface area (TPSA) is 148 Å². The van der Waals surface area contributed by atoms with Crippen molar-refractivity contribution >= 4 is 57.5 Å². The molecule has 0 saturated heterocycles. The van der Waals surface area contributed by atoms with E-state index in [0.717, 1.165) is 69.8 Å². The molecule has 99 heavy (non-hydrogen) atoms. The van der Waals surface area contributed by atoms with Crippen LogP contribution >= 0.6 is 0 Å². The maximum atomic E-state index is 15.0. The molecule has 3 N–H and O–H groups in total. The zero-order valence-electron chi connectivity index (χ0n) is 52.3. The molecule has 14 rings (SSSR count). The van der Waals surface area contributed by atoms with Gasteiger partial charge in [0.15, 0.2) is 11.6 Å². The SMILES string of the molecule is O=C(O)c1ccc(F)c(C(=O)Nc2nn(C(c3ccccc3)(c3ccccc3)c3ccccc3)c3ccc(Cc4cc(F)cc(F)c4)cc23)c1.O=Cc1ccc(F)c(C(=O)Nc2nn(C(c3ccccc3)(c3ccccc3)c3ccccc3)c3ccc(Cc4cc(F)cc(F)c4)cc23)c1. The van der Waals surface area contributed by atoms with Crippen molar-refractivity contribution in [3.8, 4) is 0 Å². The molecule has 2 heterocycles. The molecule has 17 heteroatoms. The number of rotatable bonds is 18. The lowest BCUT2D eigenvalue weighted by atomic mass is 9.77. The standard InChI is InChI=1S/C41H28F3N3O3.C41H28F3N3O2/c42-32-21-27(22-33(43)25-32)20-26-16-19-37-35(23-26)38(45-39(48)34-24-28(40(49)50)17-18-36(34)44)46-47(37)41(29-10-4-1-5-11-29,30-12-6-2-7-13-30)31-14-8-3-9-15-31;42-33-21-29(22-34(43)25-33)20-27-17-19-38-36(23-27)39(45-40(49)35-24-28(26-48)16-18-37(35)44)46-47(38)41(30-10-4-1-5-11-30,31-12-6-2-7-13-31)32-14-8-3-9-15-32/h1-19,21-25H,20H2,(H,49,50)(H,45,46,48);1-19,21-26H,20H2,(H,45,46,49). The fourth-order valence-electron chi connectivity index (χ4n) is 12.9. The number of aromatic nitrogens is 4. The molecule has 0 spiro atoms. The number of amides is 2. The van der Waals surface area contributed by atoms with Crippen LogP contribution in [0.15, 0.2) is 291 Å². The molecule has 2 aromatic heterocycles. The smallest absolute Gasteiger partial charge is 0.335 e. The molecule has 12 aromatic carbocycles. The number of halogens is 6. The summed E-state index contributed by atoms with van der Waals surface area (Å²) in [6, 6.07) is 83.0. The number of hydrogen-bond donors (Lipinski definition) is 3. The summed E-state index contributed by atoms with van der Waals surface area (Å²) >= 11 is 0. The highest BCUT2D eigenvalue weighted by Gasteiger charge is 2.43. The van der Waals surface area contributed by atoms with Crippen molar-refractivity contribution < 1.29 is 50.6 Å². The molecule has 0 atom stereocenters. The van der Waals surface area contributed by atoms with Crippen LogP contribution in [0.5, 0.6) is 0 Å². The Kier molecular flexibility index (Phi) is 18.3. The number of fused-ring (bicyclic) bond motifs is 2. The summed E-state index contributed by atoms with van der Waals surface area (Å²) in [5.41, 5.74) is 5.60.